The van der Waals surface area contributed by atoms with Gasteiger partial charge in [0.05, 0.1) is 4.92 Å². The Hall–Kier alpha value is -2.86. The Balaban J connectivity index is 2.29. The van der Waals surface area contributed by atoms with E-state index < -0.39 is 21.8 Å². The highest BCUT2D eigenvalue weighted by Gasteiger charge is 2.20. The number of fused-ring (bicyclic) bond motifs is 1. The minimum absolute atomic E-state index is 0.0607. The maximum atomic E-state index is 12.2. The number of nitrogens with zero attached hydrogens (tertiary/aromatic N) is 1. The van der Waals surface area contributed by atoms with Gasteiger partial charge in [-0.15, -0.1) is 0 Å². The Morgan fingerprint density at radius 3 is 2.64 bits per heavy atom. The molecule has 0 bridgehead atoms. The molecule has 1 heterocycles. The summed E-state index contributed by atoms with van der Waals surface area (Å²) in [5.41, 5.74) is -0.470. The van der Waals surface area contributed by atoms with Crippen LogP contribution in [0, 0.1) is 10.1 Å². The van der Waals surface area contributed by atoms with Crippen LogP contribution >= 0.6 is 11.6 Å². The number of hydrogen-bond donors (Lipinski definition) is 1. The first-order valence-electron chi connectivity index (χ1n) is 6.17. The molecule has 0 saturated carbocycles. The number of nitro benzene ring substituents is 1. The highest BCUT2D eigenvalue weighted by atomic mass is 35.5. The summed E-state index contributed by atoms with van der Waals surface area (Å²) in [6, 6.07) is 10.2. The van der Waals surface area contributed by atoms with E-state index in [4.69, 9.17) is 16.0 Å². The van der Waals surface area contributed by atoms with Crippen LogP contribution in [0.1, 0.15) is 0 Å². The van der Waals surface area contributed by atoms with E-state index in [9.17, 15) is 20.0 Å². The van der Waals surface area contributed by atoms with Gasteiger partial charge in [-0.1, -0.05) is 23.7 Å². The summed E-state index contributed by atoms with van der Waals surface area (Å²) < 4.78 is 5.56. The highest BCUT2D eigenvalue weighted by Crippen LogP contribution is 2.34. The van der Waals surface area contributed by atoms with Crippen molar-refractivity contribution in [2.24, 2.45) is 0 Å². The van der Waals surface area contributed by atoms with Crippen LogP contribution in [0.3, 0.4) is 0 Å². The number of phenolic OH excluding ortho intramolecular Hbond substituents is 1. The van der Waals surface area contributed by atoms with E-state index >= 15 is 0 Å². The van der Waals surface area contributed by atoms with Crippen LogP contribution in [0.15, 0.2) is 51.7 Å². The molecule has 0 aliphatic rings. The summed E-state index contributed by atoms with van der Waals surface area (Å²) in [4.78, 5) is 22.2. The molecule has 0 radical (unpaired) electrons. The predicted octanol–water partition coefficient (Wildman–Crippen LogP) is 3.73. The molecular weight excluding hydrogens is 310 g/mol. The number of phenols is 1. The van der Waals surface area contributed by atoms with Crippen molar-refractivity contribution in [1.82, 2.24) is 0 Å². The van der Waals surface area contributed by atoms with Crippen molar-refractivity contribution in [3.8, 4) is 17.1 Å². The Bertz CT molecular complexity index is 964. The third-order valence-corrected chi connectivity index (χ3v) is 3.39. The molecule has 0 atom stereocenters. The molecule has 0 unspecified atom stereocenters. The molecule has 0 saturated heterocycles. The minimum atomic E-state index is -0.765. The van der Waals surface area contributed by atoms with Gasteiger partial charge in [-0.05, 0) is 18.2 Å². The molecule has 22 heavy (non-hydrogen) atoms. The van der Waals surface area contributed by atoms with Crippen LogP contribution in [0.2, 0.25) is 5.02 Å². The van der Waals surface area contributed by atoms with Crippen LogP contribution in [0.25, 0.3) is 22.3 Å². The van der Waals surface area contributed by atoms with Gasteiger partial charge >= 0.3 is 5.69 Å². The first-order chi connectivity index (χ1) is 10.5. The fraction of sp³-hybridized carbons (Fsp3) is 0. The largest absolute Gasteiger partial charge is 0.501 e. The molecule has 0 amide bonds. The Kier molecular flexibility index (Phi) is 3.30. The van der Waals surface area contributed by atoms with E-state index in [2.05, 4.69) is 0 Å². The second kappa shape index (κ2) is 5.16. The zero-order chi connectivity index (χ0) is 15.9. The lowest BCUT2D eigenvalue weighted by molar-refractivity contribution is -0.385. The monoisotopic (exact) mass is 317 g/mol. The average Bonchev–Trinajstić information content (AvgIpc) is 2.46. The zero-order valence-electron chi connectivity index (χ0n) is 10.9. The van der Waals surface area contributed by atoms with Gasteiger partial charge in [0.15, 0.2) is 5.43 Å². The topological polar surface area (TPSA) is 93.6 Å². The van der Waals surface area contributed by atoms with Gasteiger partial charge in [0.25, 0.3) is 0 Å². The Morgan fingerprint density at radius 2 is 1.95 bits per heavy atom. The molecule has 110 valence electrons. The molecule has 1 N–H and O–H groups in total. The second-order valence-electron chi connectivity index (χ2n) is 4.55. The van der Waals surface area contributed by atoms with Crippen molar-refractivity contribution in [1.29, 1.82) is 0 Å². The molecule has 2 aromatic carbocycles. The highest BCUT2D eigenvalue weighted by molar-refractivity contribution is 6.30. The van der Waals surface area contributed by atoms with Crippen LogP contribution in [0.4, 0.5) is 5.69 Å². The van der Waals surface area contributed by atoms with Crippen molar-refractivity contribution >= 4 is 28.3 Å². The van der Waals surface area contributed by atoms with E-state index in [-0.39, 0.29) is 16.7 Å². The van der Waals surface area contributed by atoms with Crippen molar-refractivity contribution < 1.29 is 14.4 Å². The number of halogens is 1. The van der Waals surface area contributed by atoms with Gasteiger partial charge < -0.3 is 9.52 Å². The SMILES string of the molecule is O=c1cc(-c2cccc(Cl)c2)oc2ccc([N+](=O)[O-])c(O)c12. The fourth-order valence-corrected chi connectivity index (χ4v) is 2.35. The van der Waals surface area contributed by atoms with E-state index in [1.165, 1.54) is 6.07 Å². The first kappa shape index (κ1) is 14.1. The van der Waals surface area contributed by atoms with Crippen molar-refractivity contribution in [2.75, 3.05) is 0 Å². The van der Waals surface area contributed by atoms with Gasteiger partial charge in [-0.3, -0.25) is 14.9 Å². The molecule has 6 nitrogen and oxygen atoms in total. The van der Waals surface area contributed by atoms with Crippen LogP contribution in [-0.4, -0.2) is 10.0 Å². The average molecular weight is 318 g/mol. The summed E-state index contributed by atoms with van der Waals surface area (Å²) in [5.74, 6) is -0.442. The standard InChI is InChI=1S/C15H8ClNO5/c16-9-3-1-2-8(6-9)13-7-11(18)14-12(22-13)5-4-10(15(14)19)17(20)21/h1-7,19H. The lowest BCUT2D eigenvalue weighted by Gasteiger charge is -2.05. The van der Waals surface area contributed by atoms with E-state index in [0.29, 0.717) is 10.6 Å². The molecule has 0 spiro atoms. The molecule has 7 heteroatoms. The zero-order valence-corrected chi connectivity index (χ0v) is 11.7. The summed E-state index contributed by atoms with van der Waals surface area (Å²) in [6.45, 7) is 0. The van der Waals surface area contributed by atoms with Gasteiger partial charge in [-0.2, -0.15) is 0 Å². The maximum Gasteiger partial charge on any atom is 0.311 e. The first-order valence-corrected chi connectivity index (χ1v) is 6.55. The number of hydrogen-bond acceptors (Lipinski definition) is 5. The molecular formula is C15H8ClNO5. The van der Waals surface area contributed by atoms with Gasteiger partial charge in [0.2, 0.25) is 5.75 Å². The summed E-state index contributed by atoms with van der Waals surface area (Å²) >= 11 is 5.90. The number of nitro groups is 1. The van der Waals surface area contributed by atoms with E-state index in [0.717, 1.165) is 12.1 Å². The van der Waals surface area contributed by atoms with E-state index in [1.54, 1.807) is 24.3 Å². The predicted molar refractivity (Wildman–Crippen MR) is 81.2 cm³/mol. The third-order valence-electron chi connectivity index (χ3n) is 3.15. The van der Waals surface area contributed by atoms with Crippen molar-refractivity contribution in [2.45, 2.75) is 0 Å². The third kappa shape index (κ3) is 2.29. The maximum absolute atomic E-state index is 12.2. The van der Waals surface area contributed by atoms with Gasteiger partial charge in [0.1, 0.15) is 16.7 Å². The van der Waals surface area contributed by atoms with Crippen LogP contribution in [-0.2, 0) is 0 Å². The molecule has 0 aliphatic carbocycles. The quantitative estimate of drug-likeness (QED) is 0.574. The van der Waals surface area contributed by atoms with Crippen LogP contribution in [0.5, 0.6) is 5.75 Å². The van der Waals surface area contributed by atoms with Crippen molar-refractivity contribution in [3.63, 3.8) is 0 Å². The molecule has 3 aromatic rings. The van der Waals surface area contributed by atoms with Gasteiger partial charge in [0, 0.05) is 22.7 Å². The molecule has 1 aromatic heterocycles. The lowest BCUT2D eigenvalue weighted by atomic mass is 10.1. The molecule has 0 fully saturated rings. The number of aromatic hydroxyl groups is 1. The second-order valence-corrected chi connectivity index (χ2v) is 4.99. The fourth-order valence-electron chi connectivity index (χ4n) is 2.16. The summed E-state index contributed by atoms with van der Waals surface area (Å²) in [7, 11) is 0. The number of rotatable bonds is 2. The Morgan fingerprint density at radius 1 is 1.18 bits per heavy atom. The number of benzene rings is 2. The molecule has 3 rings (SSSR count). The van der Waals surface area contributed by atoms with Crippen LogP contribution < -0.4 is 5.43 Å². The van der Waals surface area contributed by atoms with Crippen molar-refractivity contribution in [3.05, 3.63) is 67.8 Å². The Labute approximate surface area is 128 Å². The normalized spacial score (nSPS) is 10.8. The lowest BCUT2D eigenvalue weighted by Crippen LogP contribution is -2.02. The molecule has 0 aliphatic heterocycles. The smallest absolute Gasteiger partial charge is 0.311 e. The minimum Gasteiger partial charge on any atom is -0.501 e. The van der Waals surface area contributed by atoms with E-state index in [1.807, 2.05) is 0 Å². The van der Waals surface area contributed by atoms with Gasteiger partial charge in [-0.25, -0.2) is 0 Å². The summed E-state index contributed by atoms with van der Waals surface area (Å²) in [6.07, 6.45) is 0. The summed E-state index contributed by atoms with van der Waals surface area (Å²) in [5, 5.41) is 20.9.